The Balaban J connectivity index is 0. The zero-order valence-electron chi connectivity index (χ0n) is 34.2. The van der Waals surface area contributed by atoms with E-state index in [9.17, 15) is 19.8 Å². The largest absolute Gasteiger partial charge is 0.547 e. The van der Waals surface area contributed by atoms with Gasteiger partial charge in [0.25, 0.3) is 0 Å². The number of likely N-dealkylation sites (N-methyl/N-ethyl adjacent to an activating group) is 2. The summed E-state index contributed by atoms with van der Waals surface area (Å²) in [7, 11) is 9.87. The lowest BCUT2D eigenvalue weighted by Gasteiger charge is -2.36. The molecule has 0 aromatic heterocycles. The first-order valence-electron chi connectivity index (χ1n) is 21.2. The summed E-state index contributed by atoms with van der Waals surface area (Å²) in [6.07, 6.45) is 35.9. The van der Waals surface area contributed by atoms with Crippen molar-refractivity contribution in [3.63, 3.8) is 0 Å². The molecule has 50 heavy (non-hydrogen) atoms. The van der Waals surface area contributed by atoms with E-state index in [4.69, 9.17) is 10.2 Å². The lowest BCUT2D eigenvalue weighted by atomic mass is 10.0. The van der Waals surface area contributed by atoms with Gasteiger partial charge in [0.1, 0.15) is 25.3 Å². The van der Waals surface area contributed by atoms with Gasteiger partial charge < -0.3 is 39.0 Å². The van der Waals surface area contributed by atoms with Crippen molar-refractivity contribution in [2.24, 2.45) is 0 Å². The first-order chi connectivity index (χ1) is 23.8. The summed E-state index contributed by atoms with van der Waals surface area (Å²) in [5.74, 6) is -4.12. The molecule has 0 aliphatic carbocycles. The van der Waals surface area contributed by atoms with E-state index in [1.54, 1.807) is 0 Å². The van der Waals surface area contributed by atoms with Crippen LogP contribution >= 0.6 is 0 Å². The zero-order chi connectivity index (χ0) is 37.9. The number of nitrogens with zero attached hydrogens (tertiary/aromatic N) is 2. The molecule has 0 aromatic rings. The molecule has 2 atom stereocenters. The summed E-state index contributed by atoms with van der Waals surface area (Å²) in [5, 5.41) is 35.7. The molecule has 0 saturated carbocycles. The molecule has 0 spiro atoms. The van der Waals surface area contributed by atoms with Crippen LogP contribution in [0.15, 0.2) is 0 Å². The second-order valence-electron chi connectivity index (χ2n) is 16.5. The highest BCUT2D eigenvalue weighted by atomic mass is 16.4. The Hall–Kier alpha value is -1.22. The quantitative estimate of drug-likeness (QED) is 0.0519. The molecule has 0 radical (unpaired) electrons. The predicted octanol–water partition coefficient (Wildman–Crippen LogP) is 7.31. The number of carboxylic acids is 2. The van der Waals surface area contributed by atoms with Crippen molar-refractivity contribution in [1.82, 2.24) is 0 Å². The Kier molecular flexibility index (Phi) is 35.5. The van der Waals surface area contributed by atoms with E-state index in [1.165, 1.54) is 215 Å². The van der Waals surface area contributed by atoms with Crippen LogP contribution in [-0.4, -0.2) is 97.7 Å². The van der Waals surface area contributed by atoms with Gasteiger partial charge >= 0.3 is 0 Å². The molecule has 0 fully saturated rings. The van der Waals surface area contributed by atoms with Crippen LogP contribution < -0.4 is 10.2 Å². The van der Waals surface area contributed by atoms with Crippen LogP contribution in [-0.2, 0) is 9.59 Å². The van der Waals surface area contributed by atoms with Crippen LogP contribution in [0.4, 0.5) is 0 Å². The fraction of sp³-hybridized carbons (Fsp3) is 0.952. The fourth-order valence-electron chi connectivity index (χ4n) is 6.49. The van der Waals surface area contributed by atoms with Crippen LogP contribution in [0, 0.1) is 0 Å². The molecular formula is C42H86N2O6. The third-order valence-electron chi connectivity index (χ3n) is 10.3. The summed E-state index contributed by atoms with van der Waals surface area (Å²) < 4.78 is 2.41. The molecule has 0 aliphatic heterocycles. The van der Waals surface area contributed by atoms with Crippen molar-refractivity contribution in [3.8, 4) is 0 Å². The van der Waals surface area contributed by atoms with Crippen molar-refractivity contribution in [3.05, 3.63) is 0 Å². The van der Waals surface area contributed by atoms with Crippen LogP contribution in [0.25, 0.3) is 0 Å². The second-order valence-corrected chi connectivity index (χ2v) is 16.5. The Morgan fingerprint density at radius 2 is 0.560 bits per heavy atom. The van der Waals surface area contributed by atoms with Gasteiger partial charge in [-0.15, -0.1) is 0 Å². The second kappa shape index (κ2) is 34.8. The molecule has 0 bridgehead atoms. The number of aliphatic hydroxyl groups is 2. The third-order valence-corrected chi connectivity index (χ3v) is 10.3. The van der Waals surface area contributed by atoms with Gasteiger partial charge in [-0.1, -0.05) is 168 Å². The highest BCUT2D eigenvalue weighted by Crippen LogP contribution is 2.16. The first kappa shape index (κ1) is 50.9. The molecule has 8 heteroatoms. The normalized spacial score (nSPS) is 13.1. The van der Waals surface area contributed by atoms with Crippen molar-refractivity contribution in [1.29, 1.82) is 0 Å². The summed E-state index contributed by atoms with van der Waals surface area (Å²) in [4.78, 5) is 19.3. The average molecular weight is 715 g/mol. The molecule has 2 unspecified atom stereocenters. The van der Waals surface area contributed by atoms with Gasteiger partial charge in [-0.25, -0.2) is 0 Å². The first-order valence-corrected chi connectivity index (χ1v) is 21.2. The van der Waals surface area contributed by atoms with Gasteiger partial charge in [-0.2, -0.15) is 0 Å². The number of carboxylic acid groups (broad SMARTS) is 2. The molecule has 8 nitrogen and oxygen atoms in total. The number of carbonyl (C=O) groups excluding carboxylic acids is 2. The van der Waals surface area contributed by atoms with Crippen LogP contribution in [0.2, 0.25) is 0 Å². The molecule has 0 rings (SSSR count). The van der Waals surface area contributed by atoms with Crippen LogP contribution in [0.1, 0.15) is 194 Å². The lowest BCUT2D eigenvalue weighted by Crippen LogP contribution is -2.51. The van der Waals surface area contributed by atoms with Crippen LogP contribution in [0.5, 0.6) is 0 Å². The molecule has 0 amide bonds. The minimum absolute atomic E-state index is 1.21. The highest BCUT2D eigenvalue weighted by molar-refractivity contribution is 5.80. The Labute approximate surface area is 310 Å². The smallest absolute Gasteiger partial charge is 0.128 e. The number of aliphatic carboxylic acids is 2. The lowest BCUT2D eigenvalue weighted by molar-refractivity contribution is -0.946. The number of rotatable bonds is 36. The number of hydrogen-bond acceptors (Lipinski definition) is 6. The fourth-order valence-corrected chi connectivity index (χ4v) is 6.49. The summed E-state index contributed by atoms with van der Waals surface area (Å²) >= 11 is 0. The van der Waals surface area contributed by atoms with Gasteiger partial charge in [0, 0.05) is 0 Å². The van der Waals surface area contributed by atoms with E-state index < -0.39 is 24.1 Å². The third kappa shape index (κ3) is 36.6. The SMILES string of the molecule is CCCCCCCCCCCCCCCC[N+](C)(C)CC[N+](C)(C)CCCCCCCCCCCCCCCC.O=C([O-])C(O)C(O)C(=O)[O-]. The summed E-state index contributed by atoms with van der Waals surface area (Å²) in [6, 6.07) is 0. The van der Waals surface area contributed by atoms with E-state index >= 15 is 0 Å². The van der Waals surface area contributed by atoms with E-state index in [1.807, 2.05) is 0 Å². The van der Waals surface area contributed by atoms with E-state index in [-0.39, 0.29) is 0 Å². The van der Waals surface area contributed by atoms with Gasteiger partial charge in [0.15, 0.2) is 0 Å². The van der Waals surface area contributed by atoms with Crippen molar-refractivity contribution < 1.29 is 39.0 Å². The minimum Gasteiger partial charge on any atom is -0.547 e. The maximum absolute atomic E-state index is 9.63. The number of unbranched alkanes of at least 4 members (excludes halogenated alkanes) is 26. The monoisotopic (exact) mass is 715 g/mol. The maximum atomic E-state index is 9.63. The number of carbonyl (C=O) groups is 2. The van der Waals surface area contributed by atoms with E-state index in [0.717, 1.165) is 0 Å². The summed E-state index contributed by atoms with van der Waals surface area (Å²) in [5.41, 5.74) is 0. The maximum Gasteiger partial charge on any atom is 0.128 e. The molecule has 0 heterocycles. The van der Waals surface area contributed by atoms with Crippen LogP contribution in [0.3, 0.4) is 0 Å². The number of aliphatic hydroxyl groups excluding tert-OH is 2. The minimum atomic E-state index is -2.44. The van der Waals surface area contributed by atoms with Crippen molar-refractivity contribution in [2.75, 3.05) is 54.4 Å². The van der Waals surface area contributed by atoms with Gasteiger partial charge in [-0.3, -0.25) is 0 Å². The van der Waals surface area contributed by atoms with Gasteiger partial charge in [0.2, 0.25) is 0 Å². The molecular weight excluding hydrogens is 628 g/mol. The molecule has 300 valence electrons. The highest BCUT2D eigenvalue weighted by Gasteiger charge is 2.22. The average Bonchev–Trinajstić information content (AvgIpc) is 3.07. The van der Waals surface area contributed by atoms with Crippen molar-refractivity contribution in [2.45, 2.75) is 206 Å². The zero-order valence-corrected chi connectivity index (χ0v) is 34.2. The Morgan fingerprint density at radius 1 is 0.380 bits per heavy atom. The van der Waals surface area contributed by atoms with E-state index in [0.29, 0.717) is 0 Å². The topological polar surface area (TPSA) is 121 Å². The Morgan fingerprint density at radius 3 is 0.740 bits per heavy atom. The number of hydrogen-bond donors (Lipinski definition) is 2. The molecule has 0 saturated heterocycles. The van der Waals surface area contributed by atoms with Crippen molar-refractivity contribution >= 4 is 11.9 Å². The Bertz CT molecular complexity index is 699. The standard InChI is InChI=1S/C38H82N2.C4H6O6/c1-7-9-11-13-15-17-19-21-23-25-27-29-31-33-35-39(3,4)37-38-40(5,6)36-34-32-30-28-26-24-22-20-18-16-14-12-10-8-2;5-1(3(7)8)2(6)4(9)10/h7-38H2,1-6H3;1-2,5-6H,(H,7,8)(H,9,10)/q+2;/p-2. The predicted molar refractivity (Wildman–Crippen MR) is 206 cm³/mol. The molecule has 2 N–H and O–H groups in total. The molecule has 0 aromatic carbocycles. The summed E-state index contributed by atoms with van der Waals surface area (Å²) in [6.45, 7) is 9.98. The van der Waals surface area contributed by atoms with Gasteiger partial charge in [0.05, 0.1) is 53.2 Å². The molecule has 0 aliphatic rings. The van der Waals surface area contributed by atoms with Gasteiger partial charge in [-0.05, 0) is 25.7 Å². The number of quaternary nitrogens is 2. The van der Waals surface area contributed by atoms with E-state index in [2.05, 4.69) is 42.0 Å².